The van der Waals surface area contributed by atoms with E-state index in [0.717, 1.165) is 27.4 Å². The molecule has 0 aliphatic heterocycles. The van der Waals surface area contributed by atoms with Crippen LogP contribution >= 0.6 is 31.9 Å². The van der Waals surface area contributed by atoms with Crippen LogP contribution in [0, 0.1) is 6.92 Å². The first-order chi connectivity index (χ1) is 8.97. The summed E-state index contributed by atoms with van der Waals surface area (Å²) < 4.78 is 7.25. The maximum absolute atomic E-state index is 11.8. The molecule has 0 spiro atoms. The van der Waals surface area contributed by atoms with Crippen LogP contribution in [-0.4, -0.2) is 18.6 Å². The third-order valence-corrected chi connectivity index (χ3v) is 4.02. The lowest BCUT2D eigenvalue weighted by Crippen LogP contribution is -2.37. The molecule has 0 unspecified atom stereocenters. The zero-order chi connectivity index (χ0) is 14.4. The van der Waals surface area contributed by atoms with Gasteiger partial charge < -0.3 is 10.1 Å². The van der Waals surface area contributed by atoms with Crippen molar-refractivity contribution in [1.82, 2.24) is 5.32 Å². The molecule has 3 nitrogen and oxygen atoms in total. The van der Waals surface area contributed by atoms with Gasteiger partial charge in [-0.3, -0.25) is 4.79 Å². The van der Waals surface area contributed by atoms with E-state index < -0.39 is 0 Å². The van der Waals surface area contributed by atoms with Crippen LogP contribution in [0.15, 0.2) is 21.1 Å². The third kappa shape index (κ3) is 5.15. The number of carbonyl (C=O) groups excluding carboxylic acids is 1. The van der Waals surface area contributed by atoms with Gasteiger partial charge in [0.25, 0.3) is 5.91 Å². The van der Waals surface area contributed by atoms with Gasteiger partial charge in [0, 0.05) is 6.04 Å². The molecule has 0 fully saturated rings. The highest BCUT2D eigenvalue weighted by Crippen LogP contribution is 2.34. The van der Waals surface area contributed by atoms with Gasteiger partial charge in [0.1, 0.15) is 5.75 Å². The molecule has 0 saturated heterocycles. The van der Waals surface area contributed by atoms with Gasteiger partial charge in [-0.25, -0.2) is 0 Å². The highest BCUT2D eigenvalue weighted by molar-refractivity contribution is 9.11. The van der Waals surface area contributed by atoms with E-state index in [2.05, 4.69) is 51.0 Å². The van der Waals surface area contributed by atoms with Crippen LogP contribution in [-0.2, 0) is 4.79 Å². The van der Waals surface area contributed by atoms with E-state index in [1.54, 1.807) is 0 Å². The van der Waals surface area contributed by atoms with Gasteiger partial charge in [0.15, 0.2) is 6.61 Å². The fraction of sp³-hybridized carbons (Fsp3) is 0.500. The summed E-state index contributed by atoms with van der Waals surface area (Å²) in [6.07, 6.45) is 1.86. The lowest BCUT2D eigenvalue weighted by Gasteiger charge is -2.16. The molecule has 0 atom stereocenters. The minimum Gasteiger partial charge on any atom is -0.481 e. The highest BCUT2D eigenvalue weighted by Gasteiger charge is 2.12. The Labute approximate surface area is 131 Å². The molecule has 19 heavy (non-hydrogen) atoms. The van der Waals surface area contributed by atoms with Crippen LogP contribution < -0.4 is 10.1 Å². The maximum Gasteiger partial charge on any atom is 0.258 e. The van der Waals surface area contributed by atoms with Crippen molar-refractivity contribution < 1.29 is 9.53 Å². The number of aryl methyl sites for hydroxylation is 1. The lowest BCUT2D eigenvalue weighted by atomic mass is 10.2. The van der Waals surface area contributed by atoms with Gasteiger partial charge in [-0.05, 0) is 69.3 Å². The number of carbonyl (C=O) groups is 1. The summed E-state index contributed by atoms with van der Waals surface area (Å²) >= 11 is 6.88. The number of rotatable bonds is 6. The Kier molecular flexibility index (Phi) is 6.86. The molecule has 5 heteroatoms. The van der Waals surface area contributed by atoms with Crippen LogP contribution in [0.5, 0.6) is 5.75 Å². The standard InChI is InChI=1S/C14H19Br2NO2/c1-4-10(5-2)17-13(18)8-19-14-11(15)6-9(3)7-12(14)16/h6-7,10H,4-5,8H2,1-3H3,(H,17,18). The predicted molar refractivity (Wildman–Crippen MR) is 84.6 cm³/mol. The monoisotopic (exact) mass is 391 g/mol. The Bertz CT molecular complexity index is 422. The Morgan fingerprint density at radius 3 is 2.26 bits per heavy atom. The van der Waals surface area contributed by atoms with Crippen molar-refractivity contribution in [3.05, 3.63) is 26.6 Å². The first kappa shape index (κ1) is 16.5. The number of ether oxygens (including phenoxy) is 1. The number of benzene rings is 1. The molecule has 106 valence electrons. The van der Waals surface area contributed by atoms with Crippen molar-refractivity contribution in [2.75, 3.05) is 6.61 Å². The second kappa shape index (κ2) is 7.90. The first-order valence-electron chi connectivity index (χ1n) is 6.35. The second-order valence-corrected chi connectivity index (χ2v) is 6.14. The minimum absolute atomic E-state index is 0.0246. The van der Waals surface area contributed by atoms with E-state index >= 15 is 0 Å². The molecule has 0 heterocycles. The van der Waals surface area contributed by atoms with Gasteiger partial charge in [-0.1, -0.05) is 13.8 Å². The van der Waals surface area contributed by atoms with Crippen LogP contribution in [0.1, 0.15) is 32.3 Å². The zero-order valence-corrected chi connectivity index (χ0v) is 14.6. The molecule has 0 radical (unpaired) electrons. The molecule has 1 aromatic rings. The Balaban J connectivity index is 2.60. The normalized spacial score (nSPS) is 10.6. The lowest BCUT2D eigenvalue weighted by molar-refractivity contribution is -0.123. The largest absolute Gasteiger partial charge is 0.481 e. The molecular weight excluding hydrogens is 374 g/mol. The average Bonchev–Trinajstić information content (AvgIpc) is 2.34. The van der Waals surface area contributed by atoms with Gasteiger partial charge in [0.05, 0.1) is 8.95 Å². The van der Waals surface area contributed by atoms with Crippen molar-refractivity contribution in [3.63, 3.8) is 0 Å². The molecule has 0 aliphatic carbocycles. The Hall–Kier alpha value is -0.550. The maximum atomic E-state index is 11.8. The molecule has 0 bridgehead atoms. The highest BCUT2D eigenvalue weighted by atomic mass is 79.9. The van der Waals surface area contributed by atoms with Crippen molar-refractivity contribution in [1.29, 1.82) is 0 Å². The third-order valence-electron chi connectivity index (χ3n) is 2.84. The first-order valence-corrected chi connectivity index (χ1v) is 7.94. The predicted octanol–water partition coefficient (Wildman–Crippen LogP) is 4.20. The summed E-state index contributed by atoms with van der Waals surface area (Å²) in [6.45, 7) is 6.14. The molecule has 1 amide bonds. The summed E-state index contributed by atoms with van der Waals surface area (Å²) in [4.78, 5) is 11.8. The zero-order valence-electron chi connectivity index (χ0n) is 11.4. The number of halogens is 2. The number of hydrogen-bond acceptors (Lipinski definition) is 2. The van der Waals surface area contributed by atoms with E-state index in [1.165, 1.54) is 0 Å². The molecule has 0 aromatic heterocycles. The molecule has 0 saturated carbocycles. The average molecular weight is 393 g/mol. The molecule has 1 aromatic carbocycles. The molecule has 0 aliphatic rings. The van der Waals surface area contributed by atoms with Crippen LogP contribution in [0.25, 0.3) is 0 Å². The SMILES string of the molecule is CCC(CC)NC(=O)COc1c(Br)cc(C)cc1Br. The van der Waals surface area contributed by atoms with Crippen molar-refractivity contribution in [2.24, 2.45) is 0 Å². The smallest absolute Gasteiger partial charge is 0.258 e. The molecule has 1 rings (SSSR count). The molecular formula is C14H19Br2NO2. The van der Waals surface area contributed by atoms with E-state index in [9.17, 15) is 4.79 Å². The van der Waals surface area contributed by atoms with Crippen molar-refractivity contribution in [3.8, 4) is 5.75 Å². The quantitative estimate of drug-likeness (QED) is 0.787. The summed E-state index contributed by atoms with van der Waals surface area (Å²) in [5.74, 6) is 0.568. The summed E-state index contributed by atoms with van der Waals surface area (Å²) in [7, 11) is 0. The fourth-order valence-electron chi connectivity index (χ4n) is 1.72. The van der Waals surface area contributed by atoms with Gasteiger partial charge in [-0.15, -0.1) is 0 Å². The van der Waals surface area contributed by atoms with E-state index in [4.69, 9.17) is 4.74 Å². The summed E-state index contributed by atoms with van der Waals surface area (Å²) in [5, 5.41) is 2.94. The van der Waals surface area contributed by atoms with Gasteiger partial charge >= 0.3 is 0 Å². The fourth-order valence-corrected chi connectivity index (χ4v) is 3.37. The van der Waals surface area contributed by atoms with Crippen LogP contribution in [0.4, 0.5) is 0 Å². The van der Waals surface area contributed by atoms with E-state index in [0.29, 0.717) is 5.75 Å². The summed E-state index contributed by atoms with van der Waals surface area (Å²) in [6, 6.07) is 4.14. The number of hydrogen-bond donors (Lipinski definition) is 1. The van der Waals surface area contributed by atoms with Crippen molar-refractivity contribution >= 4 is 37.8 Å². The topological polar surface area (TPSA) is 38.3 Å². The Morgan fingerprint density at radius 2 is 1.79 bits per heavy atom. The van der Waals surface area contributed by atoms with Gasteiger partial charge in [-0.2, -0.15) is 0 Å². The molecule has 1 N–H and O–H groups in total. The minimum atomic E-state index is -0.0897. The van der Waals surface area contributed by atoms with E-state index in [1.807, 2.05) is 19.1 Å². The van der Waals surface area contributed by atoms with Gasteiger partial charge in [0.2, 0.25) is 0 Å². The number of nitrogens with one attached hydrogen (secondary N) is 1. The van der Waals surface area contributed by atoms with Crippen molar-refractivity contribution in [2.45, 2.75) is 39.7 Å². The summed E-state index contributed by atoms with van der Waals surface area (Å²) in [5.41, 5.74) is 1.12. The van der Waals surface area contributed by atoms with Crippen LogP contribution in [0.3, 0.4) is 0 Å². The van der Waals surface area contributed by atoms with Crippen LogP contribution in [0.2, 0.25) is 0 Å². The Morgan fingerprint density at radius 1 is 1.26 bits per heavy atom. The van der Waals surface area contributed by atoms with E-state index in [-0.39, 0.29) is 18.6 Å². The number of amides is 1. The second-order valence-electron chi connectivity index (χ2n) is 4.43.